The van der Waals surface area contributed by atoms with Gasteiger partial charge in [-0.2, -0.15) is 0 Å². The van der Waals surface area contributed by atoms with Gasteiger partial charge in [-0.3, -0.25) is 0 Å². The average Bonchev–Trinajstić information content (AvgIpc) is 1.61. The van der Waals surface area contributed by atoms with E-state index >= 15 is 0 Å². The van der Waals surface area contributed by atoms with Crippen LogP contribution in [0.5, 0.6) is 0 Å². The lowest BCUT2D eigenvalue weighted by Crippen LogP contribution is -2.09. The first kappa shape index (κ1) is 82.0. The highest BCUT2D eigenvalue weighted by atomic mass is 16.3. The molecule has 0 saturated heterocycles. The predicted molar refractivity (Wildman–Crippen MR) is 557 cm³/mol. The molecule has 0 atom stereocenters. The monoisotopic (exact) mass is 1700 g/mol. The van der Waals surface area contributed by atoms with Gasteiger partial charge in [-0.15, -0.1) is 0 Å². The van der Waals surface area contributed by atoms with Gasteiger partial charge >= 0.3 is 0 Å². The average molecular weight is 1700 g/mol. The molecule has 0 fully saturated rings. The van der Waals surface area contributed by atoms with E-state index in [0.717, 1.165) is 123 Å². The van der Waals surface area contributed by atoms with Crippen molar-refractivity contribution in [3.8, 4) is 100 Å². The van der Waals surface area contributed by atoms with Crippen LogP contribution in [0, 0.1) is 0 Å². The first-order valence-electron chi connectivity index (χ1n) is 45.0. The normalized spacial score (nSPS) is 11.3. The summed E-state index contributed by atoms with van der Waals surface area (Å²) in [5, 5.41) is 6.94. The van der Waals surface area contributed by atoms with E-state index < -0.39 is 0 Å². The van der Waals surface area contributed by atoms with Crippen LogP contribution >= 0.6 is 0 Å². The number of hydrogen-bond acceptors (Lipinski definition) is 7. The summed E-state index contributed by atoms with van der Waals surface area (Å²) in [7, 11) is 8.44. The SMILES string of the molecule is CN(c1ccc(-c2ccccc2)cc1)c1ccc(-c2ccc3c(c2)oc2ccccc23)cc1.CN(c1ccc(-c2ccccc2)cc1)c1ccc(-c2ccc3oc4ccccc4c3c2)cc1.CN(c1ccc(-c2ccccc2)cc1)c1ccc(-c2cccc3c2-c2ccccc2C3)cc1.CN(c1ccc(-c2ccccc2)cc1)c1ccc(-c2cccc3c2oc2ccccc23)cc1. The number of benzene rings is 20. The van der Waals surface area contributed by atoms with Gasteiger partial charge in [-0.25, -0.2) is 0 Å². The van der Waals surface area contributed by atoms with E-state index in [9.17, 15) is 0 Å². The molecule has 0 spiro atoms. The maximum absolute atomic E-state index is 6.22. The summed E-state index contributed by atoms with van der Waals surface area (Å²) in [5.74, 6) is 0. The van der Waals surface area contributed by atoms with E-state index in [4.69, 9.17) is 13.3 Å². The van der Waals surface area contributed by atoms with E-state index in [1.165, 1.54) is 106 Å². The number of hydrogen-bond donors (Lipinski definition) is 0. The van der Waals surface area contributed by atoms with E-state index in [-0.39, 0.29) is 0 Å². The van der Waals surface area contributed by atoms with E-state index in [1.54, 1.807) is 0 Å². The number of fused-ring (bicyclic) bond motifs is 12. The molecule has 3 aromatic heterocycles. The second kappa shape index (κ2) is 36.8. The molecule has 0 unspecified atom stereocenters. The highest BCUT2D eigenvalue weighted by Gasteiger charge is 2.23. The fourth-order valence-corrected chi connectivity index (χ4v) is 18.3. The molecule has 23 aromatic rings. The number of nitrogens with zero attached hydrogens (tertiary/aromatic N) is 4. The molecule has 0 radical (unpaired) electrons. The third kappa shape index (κ3) is 17.0. The van der Waals surface area contributed by atoms with Gasteiger partial charge in [0.15, 0.2) is 0 Å². The second-order valence-electron chi connectivity index (χ2n) is 33.6. The molecule has 1 aliphatic rings. The van der Waals surface area contributed by atoms with Gasteiger partial charge in [0.2, 0.25) is 0 Å². The molecule has 132 heavy (non-hydrogen) atoms. The second-order valence-corrected chi connectivity index (χ2v) is 33.6. The molecule has 0 aliphatic heterocycles. The van der Waals surface area contributed by atoms with E-state index in [1.807, 2.05) is 54.6 Å². The van der Waals surface area contributed by atoms with Crippen molar-refractivity contribution in [2.24, 2.45) is 0 Å². The van der Waals surface area contributed by atoms with Gasteiger partial charge in [-0.05, 0) is 252 Å². The molecule has 7 heteroatoms. The third-order valence-corrected chi connectivity index (χ3v) is 25.7. The molecule has 3 heterocycles. The van der Waals surface area contributed by atoms with Gasteiger partial charge < -0.3 is 32.9 Å². The minimum atomic E-state index is 0.924. The Hall–Kier alpha value is -17.0. The molecule has 632 valence electrons. The number of rotatable bonds is 16. The Morgan fingerprint density at radius 3 is 0.841 bits per heavy atom. The van der Waals surface area contributed by atoms with Gasteiger partial charge in [0.05, 0.1) is 0 Å². The zero-order valence-electron chi connectivity index (χ0n) is 73.9. The topological polar surface area (TPSA) is 52.4 Å². The summed E-state index contributed by atoms with van der Waals surface area (Å²) in [5.41, 5.74) is 39.9. The minimum absolute atomic E-state index is 0.924. The number of anilines is 8. The van der Waals surface area contributed by atoms with Gasteiger partial charge in [0.1, 0.15) is 33.5 Å². The zero-order chi connectivity index (χ0) is 88.8. The van der Waals surface area contributed by atoms with Crippen molar-refractivity contribution in [1.29, 1.82) is 0 Å². The van der Waals surface area contributed by atoms with Crippen molar-refractivity contribution in [2.75, 3.05) is 47.8 Å². The van der Waals surface area contributed by atoms with Crippen molar-refractivity contribution in [2.45, 2.75) is 6.42 Å². The van der Waals surface area contributed by atoms with Crippen molar-refractivity contribution in [3.63, 3.8) is 0 Å². The predicted octanol–water partition coefficient (Wildman–Crippen LogP) is 34.4. The smallest absolute Gasteiger partial charge is 0.143 e. The molecule has 7 nitrogen and oxygen atoms in total. The molecule has 0 amide bonds. The standard InChI is InChI=1S/C32H25N.3C31H23NO/c1-33(28-18-14-24(15-19-28)23-8-3-2-4-9-23)29-20-16-25(17-21-29)30-13-7-11-27-22-26-10-5-6-12-31(26)32(27)30;1-32(25-18-14-23(15-19-25)22-8-3-2-4-9-22)26-20-16-24(17-21-26)27-11-7-12-29-28-10-5-6-13-30(28)33-31(27)29;1-32(26-16-11-23(12-17-26)22-7-3-2-4-8-22)27-18-13-24(14-19-27)25-15-20-31-29(21-25)28-9-5-6-10-30(28)33-31;1-32(26-16-11-23(12-17-26)22-7-3-2-4-8-22)27-18-13-24(14-19-27)25-15-20-29-28-9-5-6-10-30(28)33-31(29)21-25/h2-21H,22H2,1H3;3*2-21H,1H3. The maximum atomic E-state index is 6.22. The van der Waals surface area contributed by atoms with Crippen molar-refractivity contribution in [1.82, 2.24) is 0 Å². The summed E-state index contributed by atoms with van der Waals surface area (Å²) < 4.78 is 18.3. The summed E-state index contributed by atoms with van der Waals surface area (Å²) in [6.07, 6.45) is 1.03. The van der Waals surface area contributed by atoms with Crippen LogP contribution in [0.1, 0.15) is 11.1 Å². The Morgan fingerprint density at radius 1 is 0.159 bits per heavy atom. The minimum Gasteiger partial charge on any atom is -0.456 e. The van der Waals surface area contributed by atoms with Crippen LogP contribution in [0.25, 0.3) is 166 Å². The van der Waals surface area contributed by atoms with Crippen molar-refractivity contribution in [3.05, 3.63) is 496 Å². The lowest BCUT2D eigenvalue weighted by molar-refractivity contribution is 0.668. The summed E-state index contributed by atoms with van der Waals surface area (Å²) in [6.45, 7) is 0. The van der Waals surface area contributed by atoms with Crippen LogP contribution in [0.4, 0.5) is 45.5 Å². The first-order valence-corrected chi connectivity index (χ1v) is 45.0. The number of para-hydroxylation sites is 4. The molecular formula is C125H94N4O3. The molecule has 0 saturated carbocycles. The molecular weight excluding hydrogens is 1610 g/mol. The van der Waals surface area contributed by atoms with Crippen molar-refractivity contribution < 1.29 is 13.3 Å². The first-order chi connectivity index (χ1) is 65.1. The number of furan rings is 3. The molecule has 0 bridgehead atoms. The molecule has 0 N–H and O–H groups in total. The largest absolute Gasteiger partial charge is 0.456 e. The lowest BCUT2D eigenvalue weighted by Gasteiger charge is -2.20. The van der Waals surface area contributed by atoms with Crippen LogP contribution < -0.4 is 19.6 Å². The lowest BCUT2D eigenvalue weighted by atomic mass is 9.94. The van der Waals surface area contributed by atoms with Gasteiger partial charge in [0.25, 0.3) is 0 Å². The van der Waals surface area contributed by atoms with E-state index in [2.05, 4.69) is 479 Å². The van der Waals surface area contributed by atoms with Gasteiger partial charge in [-0.1, -0.05) is 346 Å². The Kier molecular flexibility index (Phi) is 22.8. The zero-order valence-corrected chi connectivity index (χ0v) is 73.9. The van der Waals surface area contributed by atoms with Crippen LogP contribution in [0.15, 0.2) is 499 Å². The van der Waals surface area contributed by atoms with Crippen LogP contribution in [-0.2, 0) is 6.42 Å². The Balaban J connectivity index is 0.000000106. The van der Waals surface area contributed by atoms with Crippen molar-refractivity contribution >= 4 is 111 Å². The van der Waals surface area contributed by atoms with Crippen LogP contribution in [-0.4, -0.2) is 28.2 Å². The molecule has 20 aromatic carbocycles. The Labute approximate surface area is 770 Å². The third-order valence-electron chi connectivity index (χ3n) is 25.7. The highest BCUT2D eigenvalue weighted by Crippen LogP contribution is 2.46. The Bertz CT molecular complexity index is 7940. The highest BCUT2D eigenvalue weighted by molar-refractivity contribution is 6.10. The maximum Gasteiger partial charge on any atom is 0.143 e. The quantitative estimate of drug-likeness (QED) is 0.0955. The van der Waals surface area contributed by atoms with Gasteiger partial charge in [0, 0.05) is 112 Å². The fraction of sp³-hybridized carbons (Fsp3) is 0.0400. The Morgan fingerprint density at radius 2 is 0.417 bits per heavy atom. The van der Waals surface area contributed by atoms with Crippen LogP contribution in [0.3, 0.4) is 0 Å². The van der Waals surface area contributed by atoms with E-state index in [0.29, 0.717) is 0 Å². The molecule has 1 aliphatic carbocycles. The summed E-state index contributed by atoms with van der Waals surface area (Å²) in [6, 6.07) is 171. The van der Waals surface area contributed by atoms with Crippen LogP contribution in [0.2, 0.25) is 0 Å². The fourth-order valence-electron chi connectivity index (χ4n) is 18.3. The summed E-state index contributed by atoms with van der Waals surface area (Å²) >= 11 is 0. The summed E-state index contributed by atoms with van der Waals surface area (Å²) in [4.78, 5) is 8.87. The molecule has 24 rings (SSSR count).